The van der Waals surface area contributed by atoms with Crippen LogP contribution in [0.15, 0.2) is 47.4 Å². The molecule has 1 amide bonds. The van der Waals surface area contributed by atoms with Gasteiger partial charge in [-0.05, 0) is 48.4 Å². The van der Waals surface area contributed by atoms with Gasteiger partial charge < -0.3 is 4.90 Å². The molecule has 0 saturated carbocycles. The molecule has 0 radical (unpaired) electrons. The maximum absolute atomic E-state index is 12.9. The minimum absolute atomic E-state index is 0.0557. The first kappa shape index (κ1) is 17.0. The van der Waals surface area contributed by atoms with Crippen LogP contribution < -0.4 is 9.21 Å². The number of rotatable bonds is 3. The van der Waals surface area contributed by atoms with Crippen molar-refractivity contribution in [2.75, 3.05) is 22.8 Å². The number of nitrogens with zero attached hydrogens (tertiary/aromatic N) is 3. The smallest absolute Gasteiger partial charge is 0.264 e. The van der Waals surface area contributed by atoms with E-state index in [9.17, 15) is 13.2 Å². The molecule has 2 aromatic rings. The van der Waals surface area contributed by atoms with Crippen LogP contribution in [0.5, 0.6) is 0 Å². The number of nitriles is 1. The van der Waals surface area contributed by atoms with E-state index in [1.54, 1.807) is 35.2 Å². The molecule has 2 aromatic carbocycles. The minimum atomic E-state index is -3.76. The fraction of sp³-hybridized carbons (Fsp3) is 0.222. The topological polar surface area (TPSA) is 81.5 Å². The van der Waals surface area contributed by atoms with E-state index in [0.717, 1.165) is 15.6 Å². The number of benzene rings is 2. The van der Waals surface area contributed by atoms with Crippen LogP contribution >= 0.6 is 0 Å². The molecule has 1 aliphatic rings. The largest absolute Gasteiger partial charge is 0.312 e. The highest BCUT2D eigenvalue weighted by atomic mass is 32.2. The summed E-state index contributed by atoms with van der Waals surface area (Å²) in [5.41, 5.74) is 2.42. The number of fused-ring (bicyclic) bond motifs is 1. The lowest BCUT2D eigenvalue weighted by molar-refractivity contribution is -0.116. The molecule has 3 rings (SSSR count). The molecule has 128 valence electrons. The van der Waals surface area contributed by atoms with Gasteiger partial charge in [-0.2, -0.15) is 5.26 Å². The van der Waals surface area contributed by atoms with Gasteiger partial charge in [0.05, 0.1) is 22.2 Å². The molecule has 0 atom stereocenters. The zero-order chi connectivity index (χ0) is 18.2. The minimum Gasteiger partial charge on any atom is -0.312 e. The van der Waals surface area contributed by atoms with Crippen molar-refractivity contribution in [2.45, 2.75) is 18.2 Å². The van der Waals surface area contributed by atoms with E-state index in [1.807, 2.05) is 6.07 Å². The Morgan fingerprint density at radius 2 is 2.00 bits per heavy atom. The first-order valence-electron chi connectivity index (χ1n) is 7.74. The Kier molecular flexibility index (Phi) is 4.23. The predicted octanol–water partition coefficient (Wildman–Crippen LogP) is 2.29. The third kappa shape index (κ3) is 2.96. The van der Waals surface area contributed by atoms with Crippen molar-refractivity contribution in [1.29, 1.82) is 5.26 Å². The Balaban J connectivity index is 1.98. The van der Waals surface area contributed by atoms with Gasteiger partial charge in [0.25, 0.3) is 10.0 Å². The molecule has 6 nitrogen and oxygen atoms in total. The van der Waals surface area contributed by atoms with E-state index in [4.69, 9.17) is 5.26 Å². The molecular weight excluding hydrogens is 338 g/mol. The summed E-state index contributed by atoms with van der Waals surface area (Å²) in [5, 5.41) is 8.99. The summed E-state index contributed by atoms with van der Waals surface area (Å²) < 4.78 is 27.0. The molecular formula is C18H17N3O3S. The van der Waals surface area contributed by atoms with Crippen LogP contribution in [-0.4, -0.2) is 27.9 Å². The monoisotopic (exact) mass is 355 g/mol. The van der Waals surface area contributed by atoms with Crippen molar-refractivity contribution in [2.24, 2.45) is 0 Å². The second kappa shape index (κ2) is 6.22. The fourth-order valence-electron chi connectivity index (χ4n) is 2.93. The maximum Gasteiger partial charge on any atom is 0.264 e. The van der Waals surface area contributed by atoms with Gasteiger partial charge >= 0.3 is 0 Å². The average molecular weight is 355 g/mol. The van der Waals surface area contributed by atoms with E-state index in [1.165, 1.54) is 26.1 Å². The van der Waals surface area contributed by atoms with Gasteiger partial charge in [-0.25, -0.2) is 8.42 Å². The first-order chi connectivity index (χ1) is 11.8. The summed E-state index contributed by atoms with van der Waals surface area (Å²) in [5.74, 6) is -0.0557. The van der Waals surface area contributed by atoms with Gasteiger partial charge in [0.15, 0.2) is 0 Å². The third-order valence-electron chi connectivity index (χ3n) is 4.32. The number of carbonyl (C=O) groups is 1. The average Bonchev–Trinajstić information content (AvgIpc) is 3.04. The zero-order valence-electron chi connectivity index (χ0n) is 13.9. The Morgan fingerprint density at radius 1 is 1.24 bits per heavy atom. The highest BCUT2D eigenvalue weighted by Gasteiger charge is 2.27. The SMILES string of the molecule is CC(=O)N1CCc2cc(S(=O)(=O)N(C)c3cccc(C#N)c3)ccc21. The Hall–Kier alpha value is -2.85. The molecule has 0 bridgehead atoms. The lowest BCUT2D eigenvalue weighted by atomic mass is 10.2. The molecule has 0 fully saturated rings. The number of hydrogen-bond acceptors (Lipinski definition) is 4. The van der Waals surface area contributed by atoms with Gasteiger partial charge in [0.1, 0.15) is 0 Å². The Morgan fingerprint density at radius 3 is 2.68 bits per heavy atom. The Bertz CT molecular complexity index is 993. The predicted molar refractivity (Wildman–Crippen MR) is 94.9 cm³/mol. The van der Waals surface area contributed by atoms with Gasteiger partial charge in [0.2, 0.25) is 5.91 Å². The molecule has 0 spiro atoms. The fourth-order valence-corrected chi connectivity index (χ4v) is 4.17. The van der Waals surface area contributed by atoms with Gasteiger partial charge in [-0.3, -0.25) is 9.10 Å². The van der Waals surface area contributed by atoms with E-state index in [0.29, 0.717) is 24.2 Å². The van der Waals surface area contributed by atoms with Gasteiger partial charge in [-0.1, -0.05) is 6.07 Å². The highest BCUT2D eigenvalue weighted by Crippen LogP contribution is 2.32. The van der Waals surface area contributed by atoms with Gasteiger partial charge in [-0.15, -0.1) is 0 Å². The zero-order valence-corrected chi connectivity index (χ0v) is 14.7. The van der Waals surface area contributed by atoms with Crippen molar-refractivity contribution in [3.05, 3.63) is 53.6 Å². The summed E-state index contributed by atoms with van der Waals surface area (Å²) in [7, 11) is -2.30. The van der Waals surface area contributed by atoms with Crippen molar-refractivity contribution < 1.29 is 13.2 Å². The molecule has 1 heterocycles. The molecule has 0 unspecified atom stereocenters. The lowest BCUT2D eigenvalue weighted by Crippen LogP contribution is -2.27. The highest BCUT2D eigenvalue weighted by molar-refractivity contribution is 7.92. The molecule has 0 aromatic heterocycles. The molecule has 0 saturated heterocycles. The van der Waals surface area contributed by atoms with Crippen LogP contribution in [0.2, 0.25) is 0 Å². The van der Waals surface area contributed by atoms with E-state index in [-0.39, 0.29) is 10.8 Å². The number of sulfonamides is 1. The standard InChI is InChI=1S/C18H17N3O3S/c1-13(22)21-9-8-15-11-17(6-7-18(15)21)25(23,24)20(2)16-5-3-4-14(10-16)12-19/h3-7,10-11H,8-9H2,1-2H3. The second-order valence-corrected chi connectivity index (χ2v) is 7.82. The van der Waals surface area contributed by atoms with Crippen LogP contribution in [0, 0.1) is 11.3 Å². The molecule has 7 heteroatoms. The van der Waals surface area contributed by atoms with E-state index >= 15 is 0 Å². The quantitative estimate of drug-likeness (QED) is 0.846. The summed E-state index contributed by atoms with van der Waals surface area (Å²) in [6.45, 7) is 2.06. The first-order valence-corrected chi connectivity index (χ1v) is 9.19. The lowest BCUT2D eigenvalue weighted by Gasteiger charge is -2.20. The number of amides is 1. The molecule has 25 heavy (non-hydrogen) atoms. The van der Waals surface area contributed by atoms with Crippen LogP contribution in [0.1, 0.15) is 18.1 Å². The third-order valence-corrected chi connectivity index (χ3v) is 6.11. The maximum atomic E-state index is 12.9. The van der Waals surface area contributed by atoms with Crippen molar-refractivity contribution in [3.63, 3.8) is 0 Å². The summed E-state index contributed by atoms with van der Waals surface area (Å²) >= 11 is 0. The van der Waals surface area contributed by atoms with Gasteiger partial charge in [0, 0.05) is 26.2 Å². The summed E-state index contributed by atoms with van der Waals surface area (Å²) in [6, 6.07) is 13.3. The van der Waals surface area contributed by atoms with Crippen LogP contribution in [-0.2, 0) is 21.2 Å². The molecule has 0 N–H and O–H groups in total. The van der Waals surface area contributed by atoms with E-state index in [2.05, 4.69) is 0 Å². The van der Waals surface area contributed by atoms with Crippen molar-refractivity contribution in [3.8, 4) is 6.07 Å². The van der Waals surface area contributed by atoms with Crippen molar-refractivity contribution in [1.82, 2.24) is 0 Å². The molecule has 1 aliphatic heterocycles. The second-order valence-electron chi connectivity index (χ2n) is 5.85. The molecule has 0 aliphatic carbocycles. The normalized spacial score (nSPS) is 13.2. The Labute approximate surface area is 147 Å². The summed E-state index contributed by atoms with van der Waals surface area (Å²) in [4.78, 5) is 13.4. The van der Waals surface area contributed by atoms with Crippen LogP contribution in [0.4, 0.5) is 11.4 Å². The number of anilines is 2. The van der Waals surface area contributed by atoms with Crippen molar-refractivity contribution >= 4 is 27.3 Å². The van der Waals surface area contributed by atoms with Crippen LogP contribution in [0.3, 0.4) is 0 Å². The van der Waals surface area contributed by atoms with E-state index < -0.39 is 10.0 Å². The summed E-state index contributed by atoms with van der Waals surface area (Å²) in [6.07, 6.45) is 0.631. The van der Waals surface area contributed by atoms with Crippen LogP contribution in [0.25, 0.3) is 0 Å². The number of hydrogen-bond donors (Lipinski definition) is 0. The number of carbonyl (C=O) groups excluding carboxylic acids is 1.